The van der Waals surface area contributed by atoms with Crippen LogP contribution in [0.15, 0.2) is 24.3 Å². The molecule has 1 aromatic carbocycles. The number of benzene rings is 1. The number of nitrogens with zero attached hydrogens (tertiary/aromatic N) is 2. The van der Waals surface area contributed by atoms with Gasteiger partial charge in [0.15, 0.2) is 0 Å². The summed E-state index contributed by atoms with van der Waals surface area (Å²) >= 11 is 1.66. The SMILES string of the molecule is C[C@H](NC(=O)Nc1cccc([N+](=O)[O-])c1)c1nc2c(s1)CCCC2. The minimum absolute atomic E-state index is 0.0616. The van der Waals surface area contributed by atoms with Gasteiger partial charge in [-0.25, -0.2) is 9.78 Å². The van der Waals surface area contributed by atoms with Crippen molar-refractivity contribution in [3.8, 4) is 0 Å². The van der Waals surface area contributed by atoms with E-state index in [-0.39, 0.29) is 11.7 Å². The predicted molar refractivity (Wildman–Crippen MR) is 92.4 cm³/mol. The van der Waals surface area contributed by atoms with Gasteiger partial charge in [0, 0.05) is 22.7 Å². The summed E-state index contributed by atoms with van der Waals surface area (Å²) in [4.78, 5) is 28.3. The fourth-order valence-corrected chi connectivity index (χ4v) is 3.84. The fourth-order valence-electron chi connectivity index (χ4n) is 2.68. The van der Waals surface area contributed by atoms with Crippen molar-refractivity contribution in [2.75, 3.05) is 5.32 Å². The number of urea groups is 1. The molecule has 0 bridgehead atoms. The number of non-ortho nitro benzene ring substituents is 1. The first-order valence-electron chi connectivity index (χ1n) is 7.83. The van der Waals surface area contributed by atoms with Crippen LogP contribution in [0.3, 0.4) is 0 Å². The topological polar surface area (TPSA) is 97.2 Å². The van der Waals surface area contributed by atoms with E-state index in [0.717, 1.165) is 23.5 Å². The van der Waals surface area contributed by atoms with Crippen LogP contribution in [0.1, 0.15) is 41.4 Å². The number of carbonyl (C=O) groups excluding carboxylic acids is 1. The Morgan fingerprint density at radius 1 is 1.38 bits per heavy atom. The van der Waals surface area contributed by atoms with Crippen molar-refractivity contribution < 1.29 is 9.72 Å². The third-order valence-electron chi connectivity index (χ3n) is 3.90. The third kappa shape index (κ3) is 3.70. The first-order chi connectivity index (χ1) is 11.5. The van der Waals surface area contributed by atoms with Crippen molar-refractivity contribution in [3.05, 3.63) is 50.0 Å². The second kappa shape index (κ2) is 6.96. The van der Waals surface area contributed by atoms with Crippen LogP contribution in [0.25, 0.3) is 0 Å². The Morgan fingerprint density at radius 3 is 2.92 bits per heavy atom. The summed E-state index contributed by atoms with van der Waals surface area (Å²) in [5.74, 6) is 0. The van der Waals surface area contributed by atoms with E-state index in [1.807, 2.05) is 6.92 Å². The molecule has 1 atom stereocenters. The highest BCUT2D eigenvalue weighted by atomic mass is 32.1. The van der Waals surface area contributed by atoms with E-state index in [1.165, 1.54) is 35.9 Å². The van der Waals surface area contributed by atoms with Crippen molar-refractivity contribution in [1.82, 2.24) is 10.3 Å². The smallest absolute Gasteiger partial charge is 0.319 e. The molecule has 126 valence electrons. The number of rotatable bonds is 4. The van der Waals surface area contributed by atoms with Gasteiger partial charge >= 0.3 is 6.03 Å². The first kappa shape index (κ1) is 16.4. The number of aromatic nitrogens is 1. The highest BCUT2D eigenvalue weighted by Gasteiger charge is 2.19. The molecule has 8 heteroatoms. The monoisotopic (exact) mass is 346 g/mol. The van der Waals surface area contributed by atoms with E-state index in [9.17, 15) is 14.9 Å². The molecule has 1 aliphatic rings. The lowest BCUT2D eigenvalue weighted by Gasteiger charge is -2.12. The molecule has 0 spiro atoms. The van der Waals surface area contributed by atoms with Gasteiger partial charge in [-0.1, -0.05) is 6.07 Å². The lowest BCUT2D eigenvalue weighted by Crippen LogP contribution is -2.31. The third-order valence-corrected chi connectivity index (χ3v) is 5.24. The van der Waals surface area contributed by atoms with Gasteiger partial charge in [-0.2, -0.15) is 0 Å². The Hall–Kier alpha value is -2.48. The van der Waals surface area contributed by atoms with Crippen molar-refractivity contribution in [2.24, 2.45) is 0 Å². The number of anilines is 1. The first-order valence-corrected chi connectivity index (χ1v) is 8.65. The van der Waals surface area contributed by atoms with Gasteiger partial charge in [-0.15, -0.1) is 11.3 Å². The van der Waals surface area contributed by atoms with Crippen molar-refractivity contribution >= 4 is 28.7 Å². The van der Waals surface area contributed by atoms with Gasteiger partial charge in [0.05, 0.1) is 16.7 Å². The van der Waals surface area contributed by atoms with Crippen molar-refractivity contribution in [1.29, 1.82) is 0 Å². The predicted octanol–water partition coefficient (Wildman–Crippen LogP) is 3.81. The maximum atomic E-state index is 12.1. The van der Waals surface area contributed by atoms with E-state index in [0.29, 0.717) is 5.69 Å². The number of nitro groups is 1. The summed E-state index contributed by atoms with van der Waals surface area (Å²) in [5, 5.41) is 17.1. The van der Waals surface area contributed by atoms with Crippen LogP contribution in [-0.4, -0.2) is 15.9 Å². The number of nitro benzene ring substituents is 1. The number of nitrogens with one attached hydrogen (secondary N) is 2. The molecule has 1 heterocycles. The summed E-state index contributed by atoms with van der Waals surface area (Å²) in [6.07, 6.45) is 4.45. The number of hydrogen-bond donors (Lipinski definition) is 2. The molecule has 24 heavy (non-hydrogen) atoms. The highest BCUT2D eigenvalue weighted by Crippen LogP contribution is 2.29. The number of aryl methyl sites for hydroxylation is 2. The Labute approximate surface area is 143 Å². The van der Waals surface area contributed by atoms with Gasteiger partial charge in [-0.05, 0) is 38.7 Å². The van der Waals surface area contributed by atoms with E-state index in [4.69, 9.17) is 0 Å². The number of hydrogen-bond acceptors (Lipinski definition) is 5. The van der Waals surface area contributed by atoms with E-state index in [2.05, 4.69) is 15.6 Å². The maximum Gasteiger partial charge on any atom is 0.319 e. The lowest BCUT2D eigenvalue weighted by atomic mass is 10.0. The highest BCUT2D eigenvalue weighted by molar-refractivity contribution is 7.11. The minimum atomic E-state index is -0.494. The molecule has 7 nitrogen and oxygen atoms in total. The summed E-state index contributed by atoms with van der Waals surface area (Å²) in [6, 6.07) is 5.24. The summed E-state index contributed by atoms with van der Waals surface area (Å²) in [5.41, 5.74) is 1.48. The Bertz CT molecular complexity index is 751. The molecule has 0 saturated heterocycles. The molecule has 1 aliphatic carbocycles. The molecule has 2 aromatic rings. The second-order valence-electron chi connectivity index (χ2n) is 5.76. The van der Waals surface area contributed by atoms with Gasteiger partial charge < -0.3 is 10.6 Å². The van der Waals surface area contributed by atoms with Crippen LogP contribution in [0.4, 0.5) is 16.2 Å². The average molecular weight is 346 g/mol. The molecule has 0 radical (unpaired) electrons. The molecule has 1 aromatic heterocycles. The van der Waals surface area contributed by atoms with E-state index in [1.54, 1.807) is 17.4 Å². The number of amides is 2. The largest absolute Gasteiger partial charge is 0.329 e. The van der Waals surface area contributed by atoms with Crippen molar-refractivity contribution in [3.63, 3.8) is 0 Å². The van der Waals surface area contributed by atoms with E-state index < -0.39 is 11.0 Å². The van der Waals surface area contributed by atoms with Crippen molar-refractivity contribution in [2.45, 2.75) is 38.6 Å². The molecule has 3 rings (SSSR count). The molecule has 0 aliphatic heterocycles. The van der Waals surface area contributed by atoms with Gasteiger partial charge in [0.25, 0.3) is 5.69 Å². The standard InChI is InChI=1S/C16H18N4O3S/c1-10(15-19-13-7-2-3-8-14(13)24-15)17-16(21)18-11-5-4-6-12(9-11)20(22)23/h4-6,9-10H,2-3,7-8H2,1H3,(H2,17,18,21)/t10-/m0/s1. The molecular weight excluding hydrogens is 328 g/mol. The zero-order valence-electron chi connectivity index (χ0n) is 13.2. The second-order valence-corrected chi connectivity index (χ2v) is 6.87. The summed E-state index contributed by atoms with van der Waals surface area (Å²) < 4.78 is 0. The number of carbonyl (C=O) groups is 1. The zero-order valence-corrected chi connectivity index (χ0v) is 14.1. The van der Waals surface area contributed by atoms with Crippen LogP contribution >= 0.6 is 11.3 Å². The number of fused-ring (bicyclic) bond motifs is 1. The lowest BCUT2D eigenvalue weighted by molar-refractivity contribution is -0.384. The molecule has 0 fully saturated rings. The van der Waals surface area contributed by atoms with Crippen LogP contribution < -0.4 is 10.6 Å². The average Bonchev–Trinajstić information content (AvgIpc) is 2.99. The van der Waals surface area contributed by atoms with Gasteiger partial charge in [0.2, 0.25) is 0 Å². The minimum Gasteiger partial charge on any atom is -0.329 e. The quantitative estimate of drug-likeness (QED) is 0.650. The molecule has 2 amide bonds. The maximum absolute atomic E-state index is 12.1. The summed E-state index contributed by atoms with van der Waals surface area (Å²) in [6.45, 7) is 1.89. The van der Waals surface area contributed by atoms with Crippen LogP contribution in [0.5, 0.6) is 0 Å². The van der Waals surface area contributed by atoms with Crippen LogP contribution in [0, 0.1) is 10.1 Å². The normalized spacial score (nSPS) is 14.5. The van der Waals surface area contributed by atoms with Gasteiger partial charge in [0.1, 0.15) is 5.01 Å². The van der Waals surface area contributed by atoms with Crippen LogP contribution in [0.2, 0.25) is 0 Å². The van der Waals surface area contributed by atoms with E-state index >= 15 is 0 Å². The van der Waals surface area contributed by atoms with Gasteiger partial charge in [-0.3, -0.25) is 10.1 Å². The van der Waals surface area contributed by atoms with Crippen LogP contribution in [-0.2, 0) is 12.8 Å². The Balaban J connectivity index is 1.63. The molecular formula is C16H18N4O3S. The molecule has 2 N–H and O–H groups in total. The Morgan fingerprint density at radius 2 is 2.17 bits per heavy atom. The molecule has 0 saturated carbocycles. The number of thiazole rings is 1. The Kier molecular flexibility index (Phi) is 4.75. The molecule has 0 unspecified atom stereocenters. The zero-order chi connectivity index (χ0) is 17.1. The fraction of sp³-hybridized carbons (Fsp3) is 0.375. The summed E-state index contributed by atoms with van der Waals surface area (Å²) in [7, 11) is 0.